The van der Waals surface area contributed by atoms with Gasteiger partial charge in [-0.15, -0.1) is 0 Å². The summed E-state index contributed by atoms with van der Waals surface area (Å²) in [5.74, 6) is 0.573. The SMILES string of the molecule is O=P(O)(Oc1ccccc1)Oc1ccccc1.c1ccc(Nc2ccccc2)cc1. The van der Waals surface area contributed by atoms with Crippen molar-refractivity contribution in [2.45, 2.75) is 0 Å². The summed E-state index contributed by atoms with van der Waals surface area (Å²) < 4.78 is 21.5. The number of hydrogen-bond donors (Lipinski definition) is 2. The number of rotatable bonds is 6. The van der Waals surface area contributed by atoms with E-state index in [1.807, 2.05) is 60.7 Å². The summed E-state index contributed by atoms with van der Waals surface area (Å²) in [4.78, 5) is 9.53. The Morgan fingerprint density at radius 2 is 0.833 bits per heavy atom. The van der Waals surface area contributed by atoms with Crippen molar-refractivity contribution in [3.8, 4) is 11.5 Å². The molecule has 0 spiro atoms. The van der Waals surface area contributed by atoms with Gasteiger partial charge in [-0.3, -0.25) is 4.89 Å². The standard InChI is InChI=1S/C12H11N.C12H11O4P/c1-3-7-11(8-4-1)13-12-9-5-2-6-10-12;13-17(14,15-11-7-3-1-4-8-11)16-12-9-5-2-6-10-12/h1-10,13H;1-10H,(H,13,14). The maximum atomic E-state index is 11.7. The van der Waals surface area contributed by atoms with E-state index >= 15 is 0 Å². The van der Waals surface area contributed by atoms with Crippen LogP contribution in [-0.4, -0.2) is 4.89 Å². The smallest absolute Gasteiger partial charge is 0.395 e. The average molecular weight is 419 g/mol. The minimum Gasteiger partial charge on any atom is -0.395 e. The van der Waals surface area contributed by atoms with Crippen molar-refractivity contribution in [1.82, 2.24) is 0 Å². The Bertz CT molecular complexity index is 963. The average Bonchev–Trinajstić information content (AvgIpc) is 2.76. The number of para-hydroxylation sites is 4. The number of nitrogens with one attached hydrogen (secondary N) is 1. The first-order valence-electron chi connectivity index (χ1n) is 9.30. The minimum atomic E-state index is -4.14. The van der Waals surface area contributed by atoms with Crippen molar-refractivity contribution < 1.29 is 18.5 Å². The lowest BCUT2D eigenvalue weighted by atomic mass is 10.3. The molecule has 4 rings (SSSR count). The van der Waals surface area contributed by atoms with Gasteiger partial charge in [0.25, 0.3) is 0 Å². The Labute approximate surface area is 176 Å². The topological polar surface area (TPSA) is 67.8 Å². The van der Waals surface area contributed by atoms with Gasteiger partial charge < -0.3 is 14.4 Å². The largest absolute Gasteiger partial charge is 0.584 e. The molecule has 30 heavy (non-hydrogen) atoms. The van der Waals surface area contributed by atoms with Crippen LogP contribution in [0.4, 0.5) is 11.4 Å². The third-order valence-corrected chi connectivity index (χ3v) is 4.65. The van der Waals surface area contributed by atoms with Crippen LogP contribution in [0.3, 0.4) is 0 Å². The van der Waals surface area contributed by atoms with E-state index in [0.717, 1.165) is 11.4 Å². The molecule has 0 radical (unpaired) electrons. The Morgan fingerprint density at radius 3 is 1.17 bits per heavy atom. The number of anilines is 2. The lowest BCUT2D eigenvalue weighted by Crippen LogP contribution is -1.99. The van der Waals surface area contributed by atoms with Crippen molar-refractivity contribution in [2.75, 3.05) is 5.32 Å². The van der Waals surface area contributed by atoms with Gasteiger partial charge in [0.2, 0.25) is 0 Å². The molecule has 0 aliphatic rings. The van der Waals surface area contributed by atoms with E-state index in [1.54, 1.807) is 60.7 Å². The molecule has 0 fully saturated rings. The van der Waals surface area contributed by atoms with Gasteiger partial charge in [-0.2, -0.15) is 0 Å². The predicted molar refractivity (Wildman–Crippen MR) is 120 cm³/mol. The van der Waals surface area contributed by atoms with Crippen LogP contribution in [0.25, 0.3) is 0 Å². The summed E-state index contributed by atoms with van der Waals surface area (Å²) in [5, 5.41) is 3.30. The first kappa shape index (κ1) is 21.2. The molecule has 0 amide bonds. The molecular weight excluding hydrogens is 397 g/mol. The molecule has 5 nitrogen and oxygen atoms in total. The third-order valence-electron chi connectivity index (χ3n) is 3.76. The maximum Gasteiger partial charge on any atom is 0.584 e. The fourth-order valence-electron chi connectivity index (χ4n) is 2.46. The summed E-state index contributed by atoms with van der Waals surface area (Å²) in [6.07, 6.45) is 0. The lowest BCUT2D eigenvalue weighted by Gasteiger charge is -2.13. The normalized spacial score (nSPS) is 10.3. The molecule has 4 aromatic carbocycles. The Morgan fingerprint density at radius 1 is 0.533 bits per heavy atom. The second kappa shape index (κ2) is 10.9. The van der Waals surface area contributed by atoms with Gasteiger partial charge in [0.1, 0.15) is 11.5 Å². The van der Waals surface area contributed by atoms with E-state index < -0.39 is 7.82 Å². The fraction of sp³-hybridized carbons (Fsp3) is 0. The van der Waals surface area contributed by atoms with Gasteiger partial charge in [-0.25, -0.2) is 4.57 Å². The van der Waals surface area contributed by atoms with Gasteiger partial charge in [0.05, 0.1) is 0 Å². The Balaban J connectivity index is 0.000000177. The van der Waals surface area contributed by atoms with E-state index in [1.165, 1.54) is 0 Å². The second-order valence-corrected chi connectivity index (χ2v) is 7.44. The molecule has 2 N–H and O–H groups in total. The zero-order chi connectivity index (χ0) is 21.1. The van der Waals surface area contributed by atoms with Gasteiger partial charge >= 0.3 is 7.82 Å². The van der Waals surface area contributed by atoms with Crippen LogP contribution < -0.4 is 14.4 Å². The molecule has 0 unspecified atom stereocenters. The van der Waals surface area contributed by atoms with Gasteiger partial charge in [0.15, 0.2) is 0 Å². The van der Waals surface area contributed by atoms with E-state index in [-0.39, 0.29) is 11.5 Å². The summed E-state index contributed by atoms with van der Waals surface area (Å²) in [5.41, 5.74) is 2.24. The van der Waals surface area contributed by atoms with E-state index in [2.05, 4.69) is 5.32 Å². The zero-order valence-corrected chi connectivity index (χ0v) is 17.1. The van der Waals surface area contributed by atoms with Crippen LogP contribution in [0.2, 0.25) is 0 Å². The monoisotopic (exact) mass is 419 g/mol. The molecule has 152 valence electrons. The van der Waals surface area contributed by atoms with Crippen molar-refractivity contribution in [1.29, 1.82) is 0 Å². The van der Waals surface area contributed by atoms with Gasteiger partial charge in [0, 0.05) is 11.4 Å². The van der Waals surface area contributed by atoms with Crippen LogP contribution in [0.5, 0.6) is 11.5 Å². The highest BCUT2D eigenvalue weighted by Gasteiger charge is 2.24. The zero-order valence-electron chi connectivity index (χ0n) is 16.2. The van der Waals surface area contributed by atoms with Crippen LogP contribution in [0.15, 0.2) is 121 Å². The van der Waals surface area contributed by atoms with Crippen LogP contribution in [0, 0.1) is 0 Å². The predicted octanol–water partition coefficient (Wildman–Crippen LogP) is 6.68. The lowest BCUT2D eigenvalue weighted by molar-refractivity contribution is 0.291. The first-order valence-corrected chi connectivity index (χ1v) is 10.8. The molecule has 0 aliphatic heterocycles. The van der Waals surface area contributed by atoms with E-state index in [4.69, 9.17) is 9.05 Å². The quantitative estimate of drug-likeness (QED) is 0.342. The molecule has 0 saturated carbocycles. The Kier molecular flexibility index (Phi) is 7.67. The molecule has 4 aromatic rings. The minimum absolute atomic E-state index is 0.286. The van der Waals surface area contributed by atoms with E-state index in [9.17, 15) is 9.46 Å². The molecule has 0 saturated heterocycles. The van der Waals surface area contributed by atoms with Crippen LogP contribution in [0.1, 0.15) is 0 Å². The second-order valence-electron chi connectivity index (χ2n) is 6.13. The molecule has 0 atom stereocenters. The highest BCUT2D eigenvalue weighted by molar-refractivity contribution is 7.48. The van der Waals surface area contributed by atoms with Crippen molar-refractivity contribution in [3.05, 3.63) is 121 Å². The first-order chi connectivity index (χ1) is 14.6. The van der Waals surface area contributed by atoms with Gasteiger partial charge in [-0.1, -0.05) is 72.8 Å². The van der Waals surface area contributed by atoms with Crippen molar-refractivity contribution >= 4 is 19.2 Å². The van der Waals surface area contributed by atoms with Crippen LogP contribution >= 0.6 is 7.82 Å². The number of benzene rings is 4. The summed E-state index contributed by atoms with van der Waals surface area (Å²) in [6, 6.07) is 37.0. The number of phosphoric ester groups is 1. The van der Waals surface area contributed by atoms with Gasteiger partial charge in [-0.05, 0) is 48.5 Å². The van der Waals surface area contributed by atoms with Crippen LogP contribution in [-0.2, 0) is 4.57 Å². The molecule has 0 bridgehead atoms. The third kappa shape index (κ3) is 7.47. The van der Waals surface area contributed by atoms with Crippen molar-refractivity contribution in [3.63, 3.8) is 0 Å². The molecule has 0 aliphatic carbocycles. The molecule has 0 heterocycles. The Hall–Kier alpha value is -3.53. The van der Waals surface area contributed by atoms with Crippen molar-refractivity contribution in [2.24, 2.45) is 0 Å². The highest BCUT2D eigenvalue weighted by atomic mass is 31.2. The summed E-state index contributed by atoms with van der Waals surface area (Å²) in [6.45, 7) is 0. The fourth-order valence-corrected chi connectivity index (χ4v) is 3.27. The number of phosphoric acid groups is 1. The molecular formula is C24H22NO4P. The molecule has 0 aromatic heterocycles. The number of hydrogen-bond acceptors (Lipinski definition) is 4. The summed E-state index contributed by atoms with van der Waals surface area (Å²) >= 11 is 0. The highest BCUT2D eigenvalue weighted by Crippen LogP contribution is 2.44. The van der Waals surface area contributed by atoms with E-state index in [0.29, 0.717) is 0 Å². The molecule has 6 heteroatoms. The summed E-state index contributed by atoms with van der Waals surface area (Å²) in [7, 11) is -4.14. The maximum absolute atomic E-state index is 11.7.